The van der Waals surface area contributed by atoms with Crippen molar-refractivity contribution in [3.8, 4) is 0 Å². The van der Waals surface area contributed by atoms with Crippen molar-refractivity contribution in [2.24, 2.45) is 0 Å². The molecule has 0 saturated carbocycles. The zero-order valence-corrected chi connectivity index (χ0v) is 14.9. The van der Waals surface area contributed by atoms with Gasteiger partial charge in [-0.3, -0.25) is 0 Å². The number of aromatic nitrogens is 4. The Balaban J connectivity index is 1.80. The summed E-state index contributed by atoms with van der Waals surface area (Å²) in [5, 5.41) is 7.86. The highest BCUT2D eigenvalue weighted by atomic mass is 16.5. The molecule has 6 nitrogen and oxygen atoms in total. The van der Waals surface area contributed by atoms with Gasteiger partial charge in [-0.1, -0.05) is 37.3 Å². The molecule has 0 aliphatic heterocycles. The van der Waals surface area contributed by atoms with Crippen molar-refractivity contribution in [2.75, 3.05) is 25.1 Å². The third kappa shape index (κ3) is 4.33. The number of nitrogens with zero attached hydrogens (tertiary/aromatic N) is 4. The topological polar surface area (TPSA) is 64.3 Å². The Morgan fingerprint density at radius 3 is 2.80 bits per heavy atom. The molecular weight excluding hydrogens is 314 g/mol. The molecule has 3 rings (SSSR count). The van der Waals surface area contributed by atoms with E-state index >= 15 is 0 Å². The fourth-order valence-corrected chi connectivity index (χ4v) is 2.81. The molecule has 0 saturated heterocycles. The lowest BCUT2D eigenvalue weighted by atomic mass is 10.0. The van der Waals surface area contributed by atoms with E-state index in [4.69, 9.17) is 4.74 Å². The fourth-order valence-electron chi connectivity index (χ4n) is 2.81. The largest absolute Gasteiger partial charge is 0.381 e. The Hall–Kier alpha value is -2.47. The van der Waals surface area contributed by atoms with Crippen LogP contribution in [0, 0.1) is 6.92 Å². The van der Waals surface area contributed by atoms with E-state index in [0.29, 0.717) is 5.78 Å². The van der Waals surface area contributed by atoms with Crippen LogP contribution in [0.25, 0.3) is 5.78 Å². The smallest absolute Gasteiger partial charge is 0.254 e. The molecular formula is C19H25N5O. The lowest BCUT2D eigenvalue weighted by Gasteiger charge is -2.15. The Kier molecular flexibility index (Phi) is 5.95. The maximum absolute atomic E-state index is 5.56. The van der Waals surface area contributed by atoms with Crippen LogP contribution in [0.3, 0.4) is 0 Å². The van der Waals surface area contributed by atoms with Gasteiger partial charge in [0.1, 0.15) is 12.1 Å². The summed E-state index contributed by atoms with van der Waals surface area (Å²) in [5.41, 5.74) is 3.38. The summed E-state index contributed by atoms with van der Waals surface area (Å²) in [4.78, 5) is 8.82. The average molecular weight is 339 g/mol. The average Bonchev–Trinajstić information content (AvgIpc) is 3.09. The molecule has 0 bridgehead atoms. The summed E-state index contributed by atoms with van der Waals surface area (Å²) >= 11 is 0. The molecule has 0 aliphatic carbocycles. The number of hydrogen-bond acceptors (Lipinski definition) is 5. The van der Waals surface area contributed by atoms with Crippen LogP contribution in [-0.4, -0.2) is 39.3 Å². The third-order valence-corrected chi connectivity index (χ3v) is 4.06. The highest BCUT2D eigenvalue weighted by Gasteiger charge is 2.14. The van der Waals surface area contributed by atoms with E-state index in [1.165, 1.54) is 5.56 Å². The number of ether oxygens (including phenoxy) is 1. The Bertz CT molecular complexity index is 800. The van der Waals surface area contributed by atoms with Crippen LogP contribution in [-0.2, 0) is 11.2 Å². The predicted octanol–water partition coefficient (Wildman–Crippen LogP) is 3.25. The second-order valence-corrected chi connectivity index (χ2v) is 6.05. The zero-order chi connectivity index (χ0) is 17.5. The van der Waals surface area contributed by atoms with Crippen LogP contribution in [0.15, 0.2) is 36.7 Å². The lowest BCUT2D eigenvalue weighted by molar-refractivity contribution is 0.134. The van der Waals surface area contributed by atoms with E-state index in [0.717, 1.165) is 56.1 Å². The SMILES string of the molecule is CCCOCCCNc1c(Cc2ccccc2)c(C)nc2ncnn12. The standard InChI is InChI=1S/C19H25N5O/c1-3-11-25-12-7-10-20-18-17(13-16-8-5-4-6-9-16)15(2)23-19-21-14-22-24(18)19/h4-6,8-9,14,20H,3,7,10-13H2,1-2H3. The van der Waals surface area contributed by atoms with Gasteiger partial charge in [0.15, 0.2) is 0 Å². The summed E-state index contributed by atoms with van der Waals surface area (Å²) in [5.74, 6) is 1.60. The first kappa shape index (κ1) is 17.4. The lowest BCUT2D eigenvalue weighted by Crippen LogP contribution is -2.14. The second-order valence-electron chi connectivity index (χ2n) is 6.05. The number of fused-ring (bicyclic) bond motifs is 1. The quantitative estimate of drug-likeness (QED) is 0.606. The number of hydrogen-bond donors (Lipinski definition) is 1. The Labute approximate surface area is 148 Å². The first-order valence-corrected chi connectivity index (χ1v) is 8.84. The minimum atomic E-state index is 0.624. The summed E-state index contributed by atoms with van der Waals surface area (Å²) in [6.45, 7) is 6.56. The molecule has 0 atom stereocenters. The van der Waals surface area contributed by atoms with Crippen molar-refractivity contribution >= 4 is 11.6 Å². The van der Waals surface area contributed by atoms with Gasteiger partial charge in [0.05, 0.1) is 0 Å². The molecule has 0 aliphatic rings. The van der Waals surface area contributed by atoms with Crippen LogP contribution in [0.5, 0.6) is 0 Å². The Morgan fingerprint density at radius 2 is 2.00 bits per heavy atom. The van der Waals surface area contributed by atoms with Crippen LogP contribution in [0.4, 0.5) is 5.82 Å². The van der Waals surface area contributed by atoms with Gasteiger partial charge >= 0.3 is 0 Å². The molecule has 1 aromatic carbocycles. The summed E-state index contributed by atoms with van der Waals surface area (Å²) in [6.07, 6.45) is 4.36. The van der Waals surface area contributed by atoms with Gasteiger partial charge in [0.2, 0.25) is 0 Å². The molecule has 6 heteroatoms. The molecule has 0 fully saturated rings. The Morgan fingerprint density at radius 1 is 1.16 bits per heavy atom. The first-order valence-electron chi connectivity index (χ1n) is 8.84. The van der Waals surface area contributed by atoms with Gasteiger partial charge in [-0.2, -0.15) is 14.6 Å². The number of nitrogens with one attached hydrogen (secondary N) is 1. The number of aryl methyl sites for hydroxylation is 1. The molecule has 0 amide bonds. The molecule has 2 aromatic heterocycles. The zero-order valence-electron chi connectivity index (χ0n) is 14.9. The predicted molar refractivity (Wildman–Crippen MR) is 99.0 cm³/mol. The van der Waals surface area contributed by atoms with Crippen molar-refractivity contribution in [1.82, 2.24) is 19.6 Å². The minimum Gasteiger partial charge on any atom is -0.381 e. The van der Waals surface area contributed by atoms with E-state index in [1.807, 2.05) is 13.0 Å². The van der Waals surface area contributed by atoms with Crippen LogP contribution in [0.1, 0.15) is 36.6 Å². The van der Waals surface area contributed by atoms with Gasteiger partial charge < -0.3 is 10.1 Å². The van der Waals surface area contributed by atoms with Crippen LogP contribution >= 0.6 is 0 Å². The van der Waals surface area contributed by atoms with Crippen molar-refractivity contribution < 1.29 is 4.74 Å². The minimum absolute atomic E-state index is 0.624. The number of rotatable bonds is 9. The van der Waals surface area contributed by atoms with Crippen LogP contribution < -0.4 is 5.32 Å². The monoisotopic (exact) mass is 339 g/mol. The fraction of sp³-hybridized carbons (Fsp3) is 0.421. The van der Waals surface area contributed by atoms with Gasteiger partial charge in [-0.25, -0.2) is 4.98 Å². The van der Waals surface area contributed by atoms with Crippen molar-refractivity contribution in [1.29, 1.82) is 0 Å². The van der Waals surface area contributed by atoms with Gasteiger partial charge in [-0.05, 0) is 25.3 Å². The summed E-state index contributed by atoms with van der Waals surface area (Å²) < 4.78 is 7.35. The van der Waals surface area contributed by atoms with Crippen molar-refractivity contribution in [2.45, 2.75) is 33.1 Å². The second kappa shape index (κ2) is 8.58. The van der Waals surface area contributed by atoms with E-state index in [1.54, 1.807) is 10.8 Å². The molecule has 0 radical (unpaired) electrons. The maximum atomic E-state index is 5.56. The molecule has 0 spiro atoms. The van der Waals surface area contributed by atoms with E-state index in [2.05, 4.69) is 51.6 Å². The maximum Gasteiger partial charge on any atom is 0.254 e. The van der Waals surface area contributed by atoms with Crippen molar-refractivity contribution in [3.63, 3.8) is 0 Å². The molecule has 132 valence electrons. The normalized spacial score (nSPS) is 11.1. The molecule has 2 heterocycles. The van der Waals surface area contributed by atoms with Crippen LogP contribution in [0.2, 0.25) is 0 Å². The molecule has 25 heavy (non-hydrogen) atoms. The molecule has 1 N–H and O–H groups in total. The third-order valence-electron chi connectivity index (χ3n) is 4.06. The molecule has 0 unspecified atom stereocenters. The van der Waals surface area contributed by atoms with Gasteiger partial charge in [0, 0.05) is 37.4 Å². The van der Waals surface area contributed by atoms with Gasteiger partial charge in [0.25, 0.3) is 5.78 Å². The van der Waals surface area contributed by atoms with E-state index in [9.17, 15) is 0 Å². The first-order chi connectivity index (χ1) is 12.3. The van der Waals surface area contributed by atoms with E-state index in [-0.39, 0.29) is 0 Å². The van der Waals surface area contributed by atoms with Crippen molar-refractivity contribution in [3.05, 3.63) is 53.5 Å². The highest BCUT2D eigenvalue weighted by Crippen LogP contribution is 2.22. The number of benzene rings is 1. The molecule has 3 aromatic rings. The number of anilines is 1. The van der Waals surface area contributed by atoms with E-state index < -0.39 is 0 Å². The highest BCUT2D eigenvalue weighted by molar-refractivity contribution is 5.54. The summed E-state index contributed by atoms with van der Waals surface area (Å²) in [6, 6.07) is 10.4. The van der Waals surface area contributed by atoms with Gasteiger partial charge in [-0.15, -0.1) is 0 Å². The summed E-state index contributed by atoms with van der Waals surface area (Å²) in [7, 11) is 0.